The molecule has 0 aliphatic carbocycles. The zero-order valence-electron chi connectivity index (χ0n) is 10.4. The van der Waals surface area contributed by atoms with Gasteiger partial charge in [0.1, 0.15) is 6.10 Å². The van der Waals surface area contributed by atoms with E-state index in [0.717, 1.165) is 25.7 Å². The second-order valence-electron chi connectivity index (χ2n) is 5.52. The molecule has 3 nitrogen and oxygen atoms in total. The summed E-state index contributed by atoms with van der Waals surface area (Å²) in [4.78, 5) is 0. The Morgan fingerprint density at radius 1 is 1.11 bits per heavy atom. The molecule has 0 amide bonds. The van der Waals surface area contributed by atoms with Crippen molar-refractivity contribution in [3.8, 4) is 0 Å². The van der Waals surface area contributed by atoms with Crippen LogP contribution in [0.25, 0.3) is 0 Å². The summed E-state index contributed by atoms with van der Waals surface area (Å²) in [5.74, 6) is -0.465. The molecule has 0 saturated carbocycles. The fourth-order valence-electron chi connectivity index (χ4n) is 3.45. The first-order chi connectivity index (χ1) is 8.86. The highest BCUT2D eigenvalue weighted by Gasteiger charge is 2.58. The van der Waals surface area contributed by atoms with E-state index in [2.05, 4.69) is 12.1 Å². The third kappa shape index (κ3) is 1.62. The van der Waals surface area contributed by atoms with Crippen LogP contribution in [0.3, 0.4) is 0 Å². The zero-order valence-corrected chi connectivity index (χ0v) is 10.4. The van der Waals surface area contributed by atoms with Crippen LogP contribution in [0.15, 0.2) is 30.3 Å². The highest BCUT2D eigenvalue weighted by Crippen LogP contribution is 2.49. The van der Waals surface area contributed by atoms with Crippen molar-refractivity contribution < 1.29 is 14.2 Å². The lowest BCUT2D eigenvalue weighted by atomic mass is 9.98. The molecule has 3 fully saturated rings. The molecule has 4 bridgehead atoms. The second-order valence-corrected chi connectivity index (χ2v) is 5.52. The molecule has 3 aliphatic rings. The van der Waals surface area contributed by atoms with Gasteiger partial charge in [-0.25, -0.2) is 0 Å². The van der Waals surface area contributed by atoms with Crippen molar-refractivity contribution in [2.75, 3.05) is 0 Å². The fraction of sp³-hybridized carbons (Fsp3) is 0.600. The first-order valence-electron chi connectivity index (χ1n) is 6.87. The molecule has 1 aromatic rings. The molecule has 4 rings (SSSR count). The van der Waals surface area contributed by atoms with Gasteiger partial charge in [0.25, 0.3) is 0 Å². The Balaban J connectivity index is 1.50. The predicted molar refractivity (Wildman–Crippen MR) is 66.0 cm³/mol. The van der Waals surface area contributed by atoms with Crippen molar-refractivity contribution in [2.24, 2.45) is 0 Å². The highest BCUT2D eigenvalue weighted by atomic mass is 16.7. The third-order valence-electron chi connectivity index (χ3n) is 4.41. The standard InChI is InChI=1S/C15H18O3/c1-2-4-11(5-3-1)10-16-15-9-8-13(18-15)12-6-7-14(15)17-12/h1-5,12-14H,6-10H2/t12-,13-,14+,15+/m1/s1. The van der Waals surface area contributed by atoms with Crippen molar-refractivity contribution in [1.82, 2.24) is 0 Å². The Labute approximate surface area is 107 Å². The lowest BCUT2D eigenvalue weighted by Gasteiger charge is -2.38. The SMILES string of the molecule is c1ccc(CO[C@@]23CC[C@@H](O2)[C@H]2CC[C@@H]3O2)cc1. The van der Waals surface area contributed by atoms with Gasteiger partial charge in [0, 0.05) is 6.42 Å². The largest absolute Gasteiger partial charge is 0.367 e. The molecule has 1 aromatic carbocycles. The van der Waals surface area contributed by atoms with Gasteiger partial charge in [-0.05, 0) is 24.8 Å². The van der Waals surface area contributed by atoms with Crippen molar-refractivity contribution in [3.63, 3.8) is 0 Å². The number of hydrogen-bond acceptors (Lipinski definition) is 3. The fourth-order valence-corrected chi connectivity index (χ4v) is 3.45. The highest BCUT2D eigenvalue weighted by molar-refractivity contribution is 5.14. The lowest BCUT2D eigenvalue weighted by molar-refractivity contribution is -0.322. The second kappa shape index (κ2) is 4.05. The molecule has 3 saturated heterocycles. The van der Waals surface area contributed by atoms with Crippen LogP contribution in [0.4, 0.5) is 0 Å². The van der Waals surface area contributed by atoms with Crippen LogP contribution in [0.2, 0.25) is 0 Å². The van der Waals surface area contributed by atoms with E-state index in [-0.39, 0.29) is 12.2 Å². The van der Waals surface area contributed by atoms with Crippen molar-refractivity contribution >= 4 is 0 Å². The van der Waals surface area contributed by atoms with E-state index >= 15 is 0 Å². The molecule has 0 spiro atoms. The summed E-state index contributed by atoms with van der Waals surface area (Å²) in [6.07, 6.45) is 5.00. The van der Waals surface area contributed by atoms with Crippen molar-refractivity contribution in [2.45, 2.75) is 56.4 Å². The van der Waals surface area contributed by atoms with Crippen LogP contribution < -0.4 is 0 Å². The van der Waals surface area contributed by atoms with Gasteiger partial charge < -0.3 is 14.2 Å². The quantitative estimate of drug-likeness (QED) is 0.820. The number of benzene rings is 1. The van der Waals surface area contributed by atoms with Gasteiger partial charge >= 0.3 is 0 Å². The topological polar surface area (TPSA) is 27.7 Å². The van der Waals surface area contributed by atoms with Gasteiger partial charge in [-0.2, -0.15) is 0 Å². The first kappa shape index (κ1) is 11.0. The maximum Gasteiger partial charge on any atom is 0.195 e. The van der Waals surface area contributed by atoms with Gasteiger partial charge in [-0.15, -0.1) is 0 Å². The average molecular weight is 246 g/mol. The van der Waals surface area contributed by atoms with Crippen LogP contribution >= 0.6 is 0 Å². The number of ether oxygens (including phenoxy) is 3. The summed E-state index contributed by atoms with van der Waals surface area (Å²) in [6, 6.07) is 10.3. The molecule has 3 heteroatoms. The lowest BCUT2D eigenvalue weighted by Crippen LogP contribution is -2.49. The van der Waals surface area contributed by atoms with E-state index in [9.17, 15) is 0 Å². The molecule has 0 aromatic heterocycles. The minimum Gasteiger partial charge on any atom is -0.367 e. The van der Waals surface area contributed by atoms with E-state index in [1.54, 1.807) is 0 Å². The Bertz CT molecular complexity index is 433. The van der Waals surface area contributed by atoms with Crippen LogP contribution in [-0.4, -0.2) is 24.1 Å². The van der Waals surface area contributed by atoms with E-state index in [4.69, 9.17) is 14.2 Å². The monoisotopic (exact) mass is 246 g/mol. The van der Waals surface area contributed by atoms with E-state index in [1.165, 1.54) is 5.56 Å². The van der Waals surface area contributed by atoms with E-state index < -0.39 is 5.79 Å². The number of rotatable bonds is 3. The van der Waals surface area contributed by atoms with Crippen LogP contribution in [-0.2, 0) is 20.8 Å². The number of hydrogen-bond donors (Lipinski definition) is 0. The molecule has 96 valence electrons. The minimum atomic E-state index is -0.465. The molecule has 0 N–H and O–H groups in total. The molecule has 3 heterocycles. The summed E-state index contributed by atoms with van der Waals surface area (Å²) < 4.78 is 18.3. The van der Waals surface area contributed by atoms with E-state index in [1.807, 2.05) is 18.2 Å². The molecular weight excluding hydrogens is 228 g/mol. The van der Waals surface area contributed by atoms with Gasteiger partial charge in [0.15, 0.2) is 5.79 Å². The molecule has 18 heavy (non-hydrogen) atoms. The van der Waals surface area contributed by atoms with Crippen LogP contribution in [0.1, 0.15) is 31.2 Å². The van der Waals surface area contributed by atoms with Gasteiger partial charge in [-0.3, -0.25) is 0 Å². The maximum absolute atomic E-state index is 6.15. The minimum absolute atomic E-state index is 0.143. The van der Waals surface area contributed by atoms with Gasteiger partial charge in [0.05, 0.1) is 18.8 Å². The zero-order chi connectivity index (χ0) is 12.0. The van der Waals surface area contributed by atoms with E-state index in [0.29, 0.717) is 12.7 Å². The third-order valence-corrected chi connectivity index (χ3v) is 4.41. The maximum atomic E-state index is 6.15. The van der Waals surface area contributed by atoms with Crippen LogP contribution in [0, 0.1) is 0 Å². The summed E-state index contributed by atoms with van der Waals surface area (Å²) in [6.45, 7) is 0.609. The van der Waals surface area contributed by atoms with Crippen LogP contribution in [0.5, 0.6) is 0 Å². The average Bonchev–Trinajstić information content (AvgIpc) is 2.99. The normalized spacial score (nSPS) is 41.2. The Hall–Kier alpha value is -0.900. The Morgan fingerprint density at radius 2 is 2.00 bits per heavy atom. The summed E-state index contributed by atoms with van der Waals surface area (Å²) in [5.41, 5.74) is 1.19. The molecule has 0 unspecified atom stereocenters. The first-order valence-corrected chi connectivity index (χ1v) is 6.87. The molecule has 3 aliphatic heterocycles. The van der Waals surface area contributed by atoms with Gasteiger partial charge in [-0.1, -0.05) is 30.3 Å². The number of fused-ring (bicyclic) bond motifs is 6. The Morgan fingerprint density at radius 3 is 2.89 bits per heavy atom. The Kier molecular flexibility index (Phi) is 2.47. The predicted octanol–water partition coefficient (Wildman–Crippen LogP) is 2.64. The van der Waals surface area contributed by atoms with Crippen molar-refractivity contribution in [3.05, 3.63) is 35.9 Å². The summed E-state index contributed by atoms with van der Waals surface area (Å²) in [7, 11) is 0. The molecule has 0 radical (unpaired) electrons. The summed E-state index contributed by atoms with van der Waals surface area (Å²) in [5, 5.41) is 0. The smallest absolute Gasteiger partial charge is 0.195 e. The molecular formula is C15H18O3. The molecule has 4 atom stereocenters. The van der Waals surface area contributed by atoms with Gasteiger partial charge in [0.2, 0.25) is 0 Å². The van der Waals surface area contributed by atoms with Crippen molar-refractivity contribution in [1.29, 1.82) is 0 Å². The summed E-state index contributed by atoms with van der Waals surface area (Å²) >= 11 is 0.